The predicted octanol–water partition coefficient (Wildman–Crippen LogP) is 2.10. The van der Waals surface area contributed by atoms with E-state index in [0.717, 1.165) is 25.0 Å². The van der Waals surface area contributed by atoms with Crippen molar-refractivity contribution in [2.24, 2.45) is 0 Å². The van der Waals surface area contributed by atoms with Gasteiger partial charge in [0.2, 0.25) is 0 Å². The normalized spacial score (nSPS) is 16.1. The third-order valence-electron chi connectivity index (χ3n) is 4.34. The van der Waals surface area contributed by atoms with Gasteiger partial charge in [-0.05, 0) is 49.1 Å². The number of hydrogen-bond acceptors (Lipinski definition) is 4. The molecule has 142 valence electrons. The summed E-state index contributed by atoms with van der Waals surface area (Å²) < 4.78 is 18.4. The highest BCUT2D eigenvalue weighted by molar-refractivity contribution is 5.96. The minimum atomic E-state index is -0.356. The fourth-order valence-electron chi connectivity index (χ4n) is 2.85. The number of nitrogens with zero attached hydrogens (tertiary/aromatic N) is 1. The van der Waals surface area contributed by atoms with E-state index in [1.54, 1.807) is 30.3 Å². The second kappa shape index (κ2) is 9.23. The SMILES string of the molecule is O=C(NCCc1ccc(F)cc1)c1cccc(C(=O)NCC2CCCO2)n1. The number of aromatic nitrogens is 1. The quantitative estimate of drug-likeness (QED) is 0.781. The third-order valence-corrected chi connectivity index (χ3v) is 4.34. The molecule has 6 nitrogen and oxygen atoms in total. The van der Waals surface area contributed by atoms with Crippen LogP contribution in [0.2, 0.25) is 0 Å². The molecular formula is C20H22FN3O3. The van der Waals surface area contributed by atoms with E-state index in [2.05, 4.69) is 15.6 Å². The van der Waals surface area contributed by atoms with Crippen molar-refractivity contribution >= 4 is 11.8 Å². The van der Waals surface area contributed by atoms with Crippen molar-refractivity contribution in [3.05, 3.63) is 65.2 Å². The van der Waals surface area contributed by atoms with E-state index in [1.807, 2.05) is 0 Å². The van der Waals surface area contributed by atoms with Crippen molar-refractivity contribution < 1.29 is 18.7 Å². The molecule has 1 fully saturated rings. The molecule has 2 amide bonds. The summed E-state index contributed by atoms with van der Waals surface area (Å²) >= 11 is 0. The van der Waals surface area contributed by atoms with E-state index < -0.39 is 0 Å². The maximum Gasteiger partial charge on any atom is 0.269 e. The van der Waals surface area contributed by atoms with E-state index >= 15 is 0 Å². The van der Waals surface area contributed by atoms with Crippen molar-refractivity contribution in [2.75, 3.05) is 19.7 Å². The van der Waals surface area contributed by atoms with Crippen molar-refractivity contribution in [2.45, 2.75) is 25.4 Å². The first-order valence-electron chi connectivity index (χ1n) is 9.01. The molecule has 0 radical (unpaired) electrons. The lowest BCUT2D eigenvalue weighted by molar-refractivity contribution is 0.0853. The van der Waals surface area contributed by atoms with Crippen LogP contribution in [0.4, 0.5) is 4.39 Å². The summed E-state index contributed by atoms with van der Waals surface area (Å²) in [5.74, 6) is -0.973. The van der Waals surface area contributed by atoms with Crippen molar-refractivity contribution in [1.29, 1.82) is 0 Å². The van der Waals surface area contributed by atoms with E-state index in [9.17, 15) is 14.0 Å². The Hall–Kier alpha value is -2.80. The van der Waals surface area contributed by atoms with Crippen LogP contribution in [0.3, 0.4) is 0 Å². The summed E-state index contributed by atoms with van der Waals surface area (Å²) in [6.45, 7) is 1.56. The molecule has 0 aliphatic carbocycles. The Kier molecular flexibility index (Phi) is 6.49. The zero-order valence-electron chi connectivity index (χ0n) is 14.9. The summed E-state index contributed by atoms with van der Waals surface area (Å²) in [6, 6.07) is 10.9. The standard InChI is InChI=1S/C20H22FN3O3/c21-15-8-6-14(7-9-15)10-11-22-19(25)17-4-1-5-18(24-17)20(26)23-13-16-3-2-12-27-16/h1,4-9,16H,2-3,10-13H2,(H,22,25)(H,23,26). The molecule has 1 saturated heterocycles. The molecule has 2 heterocycles. The summed E-state index contributed by atoms with van der Waals surface area (Å²) in [4.78, 5) is 28.6. The molecule has 0 bridgehead atoms. The number of benzene rings is 1. The molecule has 7 heteroatoms. The van der Waals surface area contributed by atoms with Gasteiger partial charge in [-0.3, -0.25) is 9.59 Å². The monoisotopic (exact) mass is 371 g/mol. The first-order valence-corrected chi connectivity index (χ1v) is 9.01. The van der Waals surface area contributed by atoms with Gasteiger partial charge in [0.15, 0.2) is 0 Å². The minimum absolute atomic E-state index is 0.0480. The topological polar surface area (TPSA) is 80.3 Å². The second-order valence-corrected chi connectivity index (χ2v) is 6.39. The van der Waals surface area contributed by atoms with Gasteiger partial charge < -0.3 is 15.4 Å². The highest BCUT2D eigenvalue weighted by Crippen LogP contribution is 2.11. The van der Waals surface area contributed by atoms with Crippen LogP contribution in [-0.2, 0) is 11.2 Å². The molecule has 1 atom stereocenters. The van der Waals surface area contributed by atoms with Crippen LogP contribution in [0.15, 0.2) is 42.5 Å². The van der Waals surface area contributed by atoms with Gasteiger partial charge in [0.25, 0.3) is 11.8 Å². The molecule has 2 aromatic rings. The zero-order valence-corrected chi connectivity index (χ0v) is 14.9. The number of amides is 2. The molecule has 2 N–H and O–H groups in total. The summed E-state index contributed by atoms with van der Waals surface area (Å²) in [5, 5.41) is 5.55. The van der Waals surface area contributed by atoms with Gasteiger partial charge in [0.05, 0.1) is 6.10 Å². The molecule has 1 aromatic carbocycles. The van der Waals surface area contributed by atoms with Crippen LogP contribution in [-0.4, -0.2) is 42.6 Å². The fraction of sp³-hybridized carbons (Fsp3) is 0.350. The Balaban J connectivity index is 1.50. The number of hydrogen-bond donors (Lipinski definition) is 2. The predicted molar refractivity (Wildman–Crippen MR) is 98.0 cm³/mol. The number of nitrogens with one attached hydrogen (secondary N) is 2. The average molecular weight is 371 g/mol. The van der Waals surface area contributed by atoms with Crippen LogP contribution in [0.5, 0.6) is 0 Å². The number of halogens is 1. The zero-order chi connectivity index (χ0) is 19.1. The third kappa shape index (κ3) is 5.59. The Morgan fingerprint density at radius 1 is 1.07 bits per heavy atom. The number of ether oxygens (including phenoxy) is 1. The first-order chi connectivity index (χ1) is 13.1. The van der Waals surface area contributed by atoms with Gasteiger partial charge >= 0.3 is 0 Å². The molecule has 0 saturated carbocycles. The molecule has 1 aliphatic heterocycles. The van der Waals surface area contributed by atoms with Crippen LogP contribution in [0.1, 0.15) is 39.4 Å². The van der Waals surface area contributed by atoms with Crippen LogP contribution in [0, 0.1) is 5.82 Å². The molecule has 0 spiro atoms. The summed E-state index contributed by atoms with van der Waals surface area (Å²) in [7, 11) is 0. The molecular weight excluding hydrogens is 349 g/mol. The first kappa shape index (κ1) is 19.0. The maximum absolute atomic E-state index is 12.9. The van der Waals surface area contributed by atoms with Crippen LogP contribution < -0.4 is 10.6 Å². The largest absolute Gasteiger partial charge is 0.376 e. The van der Waals surface area contributed by atoms with E-state index in [1.165, 1.54) is 12.1 Å². The maximum atomic E-state index is 12.9. The van der Waals surface area contributed by atoms with Crippen molar-refractivity contribution in [1.82, 2.24) is 15.6 Å². The van der Waals surface area contributed by atoms with Crippen molar-refractivity contribution in [3.8, 4) is 0 Å². The Morgan fingerprint density at radius 2 is 1.78 bits per heavy atom. The number of pyridine rings is 1. The number of rotatable bonds is 7. The molecule has 27 heavy (non-hydrogen) atoms. The van der Waals surface area contributed by atoms with Gasteiger partial charge in [-0.25, -0.2) is 9.37 Å². The van der Waals surface area contributed by atoms with E-state index in [4.69, 9.17) is 4.74 Å². The molecule has 1 aromatic heterocycles. The lowest BCUT2D eigenvalue weighted by Gasteiger charge is -2.11. The van der Waals surface area contributed by atoms with E-state index in [-0.39, 0.29) is 35.1 Å². The molecule has 1 aliphatic rings. The van der Waals surface area contributed by atoms with Gasteiger partial charge in [-0.15, -0.1) is 0 Å². The molecule has 1 unspecified atom stereocenters. The summed E-state index contributed by atoms with van der Waals surface area (Å²) in [6.07, 6.45) is 2.57. The molecule has 3 rings (SSSR count). The highest BCUT2D eigenvalue weighted by Gasteiger charge is 2.18. The highest BCUT2D eigenvalue weighted by atomic mass is 19.1. The lowest BCUT2D eigenvalue weighted by atomic mass is 10.1. The Labute approximate surface area is 157 Å². The average Bonchev–Trinajstić information content (AvgIpc) is 3.21. The van der Waals surface area contributed by atoms with Gasteiger partial charge in [0.1, 0.15) is 17.2 Å². The Bertz CT molecular complexity index is 789. The van der Waals surface area contributed by atoms with Crippen LogP contribution in [0.25, 0.3) is 0 Å². The van der Waals surface area contributed by atoms with Crippen LogP contribution >= 0.6 is 0 Å². The fourth-order valence-corrected chi connectivity index (χ4v) is 2.85. The second-order valence-electron chi connectivity index (χ2n) is 6.39. The van der Waals surface area contributed by atoms with Gasteiger partial charge in [0, 0.05) is 19.7 Å². The number of carbonyl (C=O) groups is 2. The van der Waals surface area contributed by atoms with Gasteiger partial charge in [-0.2, -0.15) is 0 Å². The smallest absolute Gasteiger partial charge is 0.269 e. The summed E-state index contributed by atoms with van der Waals surface area (Å²) in [5.41, 5.74) is 1.30. The van der Waals surface area contributed by atoms with Gasteiger partial charge in [-0.1, -0.05) is 18.2 Å². The minimum Gasteiger partial charge on any atom is -0.376 e. The number of carbonyl (C=O) groups excluding carboxylic acids is 2. The lowest BCUT2D eigenvalue weighted by Crippen LogP contribution is -2.33. The van der Waals surface area contributed by atoms with Crippen molar-refractivity contribution in [3.63, 3.8) is 0 Å². The Morgan fingerprint density at radius 3 is 2.44 bits per heavy atom. The van der Waals surface area contributed by atoms with E-state index in [0.29, 0.717) is 19.5 Å².